The van der Waals surface area contributed by atoms with Crippen molar-refractivity contribution in [3.63, 3.8) is 0 Å². The van der Waals surface area contributed by atoms with Crippen LogP contribution < -0.4 is 9.47 Å². The van der Waals surface area contributed by atoms with Crippen LogP contribution in [-0.4, -0.2) is 17.3 Å². The Morgan fingerprint density at radius 1 is 0.955 bits per heavy atom. The summed E-state index contributed by atoms with van der Waals surface area (Å²) in [5.41, 5.74) is 1.64. The molecule has 0 aliphatic rings. The maximum Gasteiger partial charge on any atom is 0.360 e. The SMILES string of the molecule is COc1ccc(-c2nnc(-c3ccc(F)cc3)c[n+]2[O-])cc1. The first-order valence-corrected chi connectivity index (χ1v) is 6.54. The summed E-state index contributed by atoms with van der Waals surface area (Å²) in [7, 11) is 1.57. The summed E-state index contributed by atoms with van der Waals surface area (Å²) in [4.78, 5) is 0. The van der Waals surface area contributed by atoms with Crippen LogP contribution in [0.25, 0.3) is 22.6 Å². The van der Waals surface area contributed by atoms with Crippen LogP contribution in [0, 0.1) is 11.0 Å². The van der Waals surface area contributed by atoms with Gasteiger partial charge in [-0.2, -0.15) is 0 Å². The number of nitrogens with zero attached hydrogens (tertiary/aromatic N) is 3. The summed E-state index contributed by atoms with van der Waals surface area (Å²) in [5.74, 6) is 0.534. The number of halogens is 1. The molecule has 0 aliphatic carbocycles. The maximum atomic E-state index is 12.9. The van der Waals surface area contributed by atoms with E-state index < -0.39 is 0 Å². The van der Waals surface area contributed by atoms with E-state index >= 15 is 0 Å². The van der Waals surface area contributed by atoms with E-state index in [4.69, 9.17) is 4.74 Å². The van der Waals surface area contributed by atoms with Crippen LogP contribution in [0.2, 0.25) is 0 Å². The van der Waals surface area contributed by atoms with Crippen molar-refractivity contribution >= 4 is 0 Å². The summed E-state index contributed by atoms with van der Waals surface area (Å²) >= 11 is 0. The van der Waals surface area contributed by atoms with Gasteiger partial charge in [0.15, 0.2) is 5.69 Å². The molecule has 5 nitrogen and oxygen atoms in total. The van der Waals surface area contributed by atoms with Gasteiger partial charge >= 0.3 is 5.82 Å². The van der Waals surface area contributed by atoms with Crippen LogP contribution in [0.3, 0.4) is 0 Å². The molecule has 6 heteroatoms. The van der Waals surface area contributed by atoms with Gasteiger partial charge in [0.2, 0.25) is 0 Å². The van der Waals surface area contributed by atoms with E-state index in [1.54, 1.807) is 43.5 Å². The summed E-state index contributed by atoms with van der Waals surface area (Å²) < 4.78 is 18.6. The third-order valence-electron chi connectivity index (χ3n) is 3.19. The molecule has 1 aromatic heterocycles. The second-order valence-electron chi connectivity index (χ2n) is 4.60. The zero-order chi connectivity index (χ0) is 15.5. The lowest BCUT2D eigenvalue weighted by Gasteiger charge is -2.07. The van der Waals surface area contributed by atoms with Gasteiger partial charge in [0.25, 0.3) is 0 Å². The molecule has 1 heterocycles. The molecule has 0 saturated carbocycles. The lowest BCUT2D eigenvalue weighted by Crippen LogP contribution is -2.31. The zero-order valence-corrected chi connectivity index (χ0v) is 11.7. The summed E-state index contributed by atoms with van der Waals surface area (Å²) in [6.07, 6.45) is 1.32. The van der Waals surface area contributed by atoms with Crippen LogP contribution in [0.1, 0.15) is 0 Å². The number of rotatable bonds is 3. The van der Waals surface area contributed by atoms with Crippen LogP contribution in [0.4, 0.5) is 4.39 Å². The van der Waals surface area contributed by atoms with Gasteiger partial charge in [0.1, 0.15) is 17.8 Å². The Bertz CT molecular complexity index is 789. The molecule has 0 atom stereocenters. The van der Waals surface area contributed by atoms with Crippen LogP contribution in [-0.2, 0) is 0 Å². The fourth-order valence-corrected chi connectivity index (χ4v) is 2.02. The normalized spacial score (nSPS) is 10.5. The molecule has 0 N–H and O–H groups in total. The topological polar surface area (TPSA) is 62.0 Å². The molecule has 22 heavy (non-hydrogen) atoms. The highest BCUT2D eigenvalue weighted by Crippen LogP contribution is 2.19. The maximum absolute atomic E-state index is 12.9. The molecule has 3 aromatic rings. The van der Waals surface area contributed by atoms with Gasteiger partial charge in [-0.3, -0.25) is 0 Å². The predicted octanol–water partition coefficient (Wildman–Crippen LogP) is 2.59. The average Bonchev–Trinajstić information content (AvgIpc) is 2.56. The molecule has 0 unspecified atom stereocenters. The van der Waals surface area contributed by atoms with Crippen LogP contribution >= 0.6 is 0 Å². The number of aromatic nitrogens is 3. The highest BCUT2D eigenvalue weighted by molar-refractivity contribution is 5.58. The molecular formula is C16H12FN3O2. The van der Waals surface area contributed by atoms with Crippen molar-refractivity contribution in [1.29, 1.82) is 0 Å². The molecule has 0 saturated heterocycles. The van der Waals surface area contributed by atoms with Crippen molar-refractivity contribution < 1.29 is 13.9 Å². The summed E-state index contributed by atoms with van der Waals surface area (Å²) in [5, 5.41) is 20.1. The molecule has 0 radical (unpaired) electrons. The summed E-state index contributed by atoms with van der Waals surface area (Å²) in [6, 6.07) is 12.7. The van der Waals surface area contributed by atoms with Gasteiger partial charge in [0, 0.05) is 5.56 Å². The third kappa shape index (κ3) is 2.71. The van der Waals surface area contributed by atoms with E-state index in [1.807, 2.05) is 0 Å². The number of hydrogen-bond acceptors (Lipinski definition) is 4. The summed E-state index contributed by atoms with van der Waals surface area (Å²) in [6.45, 7) is 0. The average molecular weight is 297 g/mol. The van der Waals surface area contributed by atoms with Crippen molar-refractivity contribution in [3.8, 4) is 28.4 Å². The van der Waals surface area contributed by atoms with Gasteiger partial charge < -0.3 is 9.94 Å². The molecular weight excluding hydrogens is 285 g/mol. The Hall–Kier alpha value is -3.02. The first kappa shape index (κ1) is 13.9. The largest absolute Gasteiger partial charge is 0.710 e. The van der Waals surface area contributed by atoms with E-state index in [2.05, 4.69) is 10.2 Å². The number of hydrogen-bond donors (Lipinski definition) is 0. The molecule has 0 spiro atoms. The third-order valence-corrected chi connectivity index (χ3v) is 3.19. The first-order valence-electron chi connectivity index (χ1n) is 6.54. The van der Waals surface area contributed by atoms with Crippen molar-refractivity contribution in [2.24, 2.45) is 0 Å². The predicted molar refractivity (Wildman–Crippen MR) is 78.4 cm³/mol. The van der Waals surface area contributed by atoms with E-state index in [-0.39, 0.29) is 11.6 Å². The zero-order valence-electron chi connectivity index (χ0n) is 11.7. The van der Waals surface area contributed by atoms with E-state index in [9.17, 15) is 9.60 Å². The van der Waals surface area contributed by atoms with E-state index in [1.165, 1.54) is 18.3 Å². The van der Waals surface area contributed by atoms with Gasteiger partial charge in [-0.25, -0.2) is 9.12 Å². The van der Waals surface area contributed by atoms with Gasteiger partial charge in [-0.15, -0.1) is 0 Å². The second kappa shape index (κ2) is 5.77. The highest BCUT2D eigenvalue weighted by atomic mass is 19.1. The molecule has 2 aromatic carbocycles. The lowest BCUT2D eigenvalue weighted by molar-refractivity contribution is -0.596. The van der Waals surface area contributed by atoms with Gasteiger partial charge in [-0.1, -0.05) is 0 Å². The van der Waals surface area contributed by atoms with E-state index in [0.29, 0.717) is 27.3 Å². The van der Waals surface area contributed by atoms with Crippen molar-refractivity contribution in [1.82, 2.24) is 10.2 Å². The molecule has 0 fully saturated rings. The molecule has 3 rings (SSSR count). The Balaban J connectivity index is 1.96. The smallest absolute Gasteiger partial charge is 0.360 e. The standard InChI is InChI=1S/C16H12FN3O2/c1-22-14-8-4-12(5-9-14)16-19-18-15(10-20(16)21)11-2-6-13(17)7-3-11/h2-10H,1H3. The van der Waals surface area contributed by atoms with Crippen LogP contribution in [0.5, 0.6) is 5.75 Å². The van der Waals surface area contributed by atoms with Crippen LogP contribution in [0.15, 0.2) is 54.7 Å². The molecule has 0 bridgehead atoms. The fraction of sp³-hybridized carbons (Fsp3) is 0.0625. The Kier molecular flexibility index (Phi) is 3.65. The number of benzene rings is 2. The minimum Gasteiger partial charge on any atom is -0.710 e. The molecule has 0 aliphatic heterocycles. The lowest BCUT2D eigenvalue weighted by atomic mass is 10.1. The van der Waals surface area contributed by atoms with Gasteiger partial charge in [0.05, 0.1) is 17.8 Å². The first-order chi connectivity index (χ1) is 10.7. The Morgan fingerprint density at radius 2 is 1.59 bits per heavy atom. The number of ether oxygens (including phenoxy) is 1. The fourth-order valence-electron chi connectivity index (χ4n) is 2.02. The second-order valence-corrected chi connectivity index (χ2v) is 4.60. The Labute approximate surface area is 126 Å². The monoisotopic (exact) mass is 297 g/mol. The quantitative estimate of drug-likeness (QED) is 0.550. The van der Waals surface area contributed by atoms with Gasteiger partial charge in [-0.05, 0) is 53.6 Å². The van der Waals surface area contributed by atoms with Crippen molar-refractivity contribution in [3.05, 3.63) is 65.8 Å². The molecule has 0 amide bonds. The van der Waals surface area contributed by atoms with E-state index in [0.717, 1.165) is 0 Å². The molecule has 110 valence electrons. The van der Waals surface area contributed by atoms with Crippen molar-refractivity contribution in [2.45, 2.75) is 0 Å². The van der Waals surface area contributed by atoms with Crippen molar-refractivity contribution in [2.75, 3.05) is 7.11 Å². The highest BCUT2D eigenvalue weighted by Gasteiger charge is 2.15. The minimum atomic E-state index is -0.346. The minimum absolute atomic E-state index is 0.188. The Morgan fingerprint density at radius 3 is 2.18 bits per heavy atom. The number of methoxy groups -OCH3 is 1.